The average Bonchev–Trinajstić information content (AvgIpc) is 2.42. The van der Waals surface area contributed by atoms with E-state index in [4.69, 9.17) is 4.74 Å². The molecule has 6 heteroatoms. The zero-order valence-electron chi connectivity index (χ0n) is 11.8. The second-order valence-corrected chi connectivity index (χ2v) is 4.42. The van der Waals surface area contributed by atoms with Crippen LogP contribution in [0.2, 0.25) is 0 Å². The molecular weight excluding hydrogens is 244 g/mol. The molecule has 0 aliphatic heterocycles. The summed E-state index contributed by atoms with van der Waals surface area (Å²) in [4.78, 5) is 19.8. The highest BCUT2D eigenvalue weighted by atomic mass is 16.5. The molecule has 0 aliphatic rings. The summed E-state index contributed by atoms with van der Waals surface area (Å²) in [5.74, 6) is 0.382. The normalized spacial score (nSPS) is 10.5. The number of hydrogen-bond donors (Lipinski definition) is 2. The number of rotatable bonds is 8. The van der Waals surface area contributed by atoms with Crippen molar-refractivity contribution < 1.29 is 9.53 Å². The van der Waals surface area contributed by atoms with Gasteiger partial charge in [0.1, 0.15) is 11.5 Å². The van der Waals surface area contributed by atoms with Crippen molar-refractivity contribution in [1.29, 1.82) is 0 Å². The first kappa shape index (κ1) is 15.4. The molecule has 1 amide bonds. The molecule has 0 spiro atoms. The molecular formula is C13H22N4O2. The Morgan fingerprint density at radius 3 is 2.84 bits per heavy atom. The largest absolute Gasteiger partial charge is 0.379 e. The number of amides is 1. The highest BCUT2D eigenvalue weighted by molar-refractivity contribution is 5.92. The minimum atomic E-state index is -0.200. The Morgan fingerprint density at radius 2 is 2.16 bits per heavy atom. The van der Waals surface area contributed by atoms with Crippen LogP contribution >= 0.6 is 0 Å². The van der Waals surface area contributed by atoms with Crippen LogP contribution in [-0.2, 0) is 4.74 Å². The molecule has 6 nitrogen and oxygen atoms in total. The maximum absolute atomic E-state index is 11.8. The van der Waals surface area contributed by atoms with Crippen molar-refractivity contribution in [2.24, 2.45) is 0 Å². The Kier molecular flexibility index (Phi) is 6.81. The lowest BCUT2D eigenvalue weighted by Crippen LogP contribution is -2.26. The molecule has 1 heterocycles. The minimum Gasteiger partial charge on any atom is -0.379 e. The van der Waals surface area contributed by atoms with Gasteiger partial charge in [-0.1, -0.05) is 0 Å². The van der Waals surface area contributed by atoms with Gasteiger partial charge in [-0.3, -0.25) is 9.78 Å². The summed E-state index contributed by atoms with van der Waals surface area (Å²) in [7, 11) is 1.74. The summed E-state index contributed by atoms with van der Waals surface area (Å²) in [6.07, 6.45) is 5.10. The standard InChI is InChI=1S/C13H22N4O2/c1-10(2)19-7-5-4-6-16-13(18)11-8-15-9-12(14-3)17-11/h8-10H,4-7H2,1-3H3,(H,14,17)(H,16,18). The number of anilines is 1. The molecule has 0 bridgehead atoms. The molecule has 1 rings (SSSR count). The number of ether oxygens (including phenoxy) is 1. The maximum atomic E-state index is 11.8. The molecule has 0 aliphatic carbocycles. The molecule has 1 aromatic rings. The Balaban J connectivity index is 2.23. The first-order valence-corrected chi connectivity index (χ1v) is 6.53. The number of nitrogens with zero attached hydrogens (tertiary/aromatic N) is 2. The highest BCUT2D eigenvalue weighted by Gasteiger charge is 2.07. The quantitative estimate of drug-likeness (QED) is 0.697. The van der Waals surface area contributed by atoms with Crippen LogP contribution in [0.4, 0.5) is 5.82 Å². The lowest BCUT2D eigenvalue weighted by atomic mass is 10.3. The van der Waals surface area contributed by atoms with Gasteiger partial charge in [-0.05, 0) is 26.7 Å². The molecule has 0 atom stereocenters. The minimum absolute atomic E-state index is 0.200. The number of hydrogen-bond acceptors (Lipinski definition) is 5. The summed E-state index contributed by atoms with van der Waals surface area (Å²) in [5, 5.41) is 5.66. The fourth-order valence-corrected chi connectivity index (χ4v) is 1.43. The third-order valence-corrected chi connectivity index (χ3v) is 2.43. The second kappa shape index (κ2) is 8.42. The van der Waals surface area contributed by atoms with Crippen molar-refractivity contribution >= 4 is 11.7 Å². The Morgan fingerprint density at radius 1 is 1.37 bits per heavy atom. The Bertz CT molecular complexity index is 396. The molecule has 2 N–H and O–H groups in total. The fourth-order valence-electron chi connectivity index (χ4n) is 1.43. The summed E-state index contributed by atoms with van der Waals surface area (Å²) in [6, 6.07) is 0. The smallest absolute Gasteiger partial charge is 0.271 e. The van der Waals surface area contributed by atoms with Crippen LogP contribution in [0.25, 0.3) is 0 Å². The second-order valence-electron chi connectivity index (χ2n) is 4.42. The molecule has 0 aromatic carbocycles. The predicted molar refractivity (Wildman–Crippen MR) is 74.2 cm³/mol. The zero-order valence-corrected chi connectivity index (χ0v) is 11.8. The van der Waals surface area contributed by atoms with Gasteiger partial charge in [-0.25, -0.2) is 4.98 Å². The van der Waals surface area contributed by atoms with Crippen LogP contribution in [0.1, 0.15) is 37.2 Å². The monoisotopic (exact) mass is 266 g/mol. The molecule has 0 unspecified atom stereocenters. The summed E-state index contributed by atoms with van der Waals surface area (Å²) in [5.41, 5.74) is 0.324. The van der Waals surface area contributed by atoms with Gasteiger partial charge < -0.3 is 15.4 Å². The van der Waals surface area contributed by atoms with Gasteiger partial charge in [-0.15, -0.1) is 0 Å². The third kappa shape index (κ3) is 6.15. The van der Waals surface area contributed by atoms with Crippen LogP contribution in [0, 0.1) is 0 Å². The highest BCUT2D eigenvalue weighted by Crippen LogP contribution is 2.00. The van der Waals surface area contributed by atoms with Crippen molar-refractivity contribution in [1.82, 2.24) is 15.3 Å². The average molecular weight is 266 g/mol. The summed E-state index contributed by atoms with van der Waals surface area (Å²) < 4.78 is 5.42. The number of unbranched alkanes of at least 4 members (excludes halogenated alkanes) is 1. The number of nitrogens with one attached hydrogen (secondary N) is 2. The van der Waals surface area contributed by atoms with E-state index in [1.54, 1.807) is 13.2 Å². The van der Waals surface area contributed by atoms with E-state index in [0.717, 1.165) is 19.4 Å². The molecule has 0 saturated carbocycles. The Labute approximate surface area is 114 Å². The number of carbonyl (C=O) groups is 1. The van der Waals surface area contributed by atoms with Crippen LogP contribution in [0.15, 0.2) is 12.4 Å². The van der Waals surface area contributed by atoms with E-state index >= 15 is 0 Å². The predicted octanol–water partition coefficient (Wildman–Crippen LogP) is 1.45. The molecule has 19 heavy (non-hydrogen) atoms. The maximum Gasteiger partial charge on any atom is 0.271 e. The van der Waals surface area contributed by atoms with Crippen molar-refractivity contribution in [3.63, 3.8) is 0 Å². The van der Waals surface area contributed by atoms with Crippen LogP contribution in [0.5, 0.6) is 0 Å². The van der Waals surface area contributed by atoms with Gasteiger partial charge in [-0.2, -0.15) is 0 Å². The lowest BCUT2D eigenvalue weighted by molar-refractivity contribution is 0.0754. The SMILES string of the molecule is CNc1cncc(C(=O)NCCCCOC(C)C)n1. The van der Waals surface area contributed by atoms with E-state index in [9.17, 15) is 4.79 Å². The number of aromatic nitrogens is 2. The van der Waals surface area contributed by atoms with E-state index in [1.165, 1.54) is 6.20 Å². The van der Waals surface area contributed by atoms with Gasteiger partial charge in [0.2, 0.25) is 0 Å². The molecule has 0 fully saturated rings. The van der Waals surface area contributed by atoms with E-state index in [-0.39, 0.29) is 12.0 Å². The van der Waals surface area contributed by atoms with Gasteiger partial charge in [0.05, 0.1) is 18.5 Å². The fraction of sp³-hybridized carbons (Fsp3) is 0.615. The van der Waals surface area contributed by atoms with Crippen molar-refractivity contribution in [3.05, 3.63) is 18.1 Å². The number of carbonyl (C=O) groups excluding carboxylic acids is 1. The molecule has 0 radical (unpaired) electrons. The van der Waals surface area contributed by atoms with Gasteiger partial charge in [0.25, 0.3) is 5.91 Å². The van der Waals surface area contributed by atoms with Crippen LogP contribution in [0.3, 0.4) is 0 Å². The summed E-state index contributed by atoms with van der Waals surface area (Å²) in [6.45, 7) is 5.36. The van der Waals surface area contributed by atoms with E-state index in [1.807, 2.05) is 13.8 Å². The van der Waals surface area contributed by atoms with Crippen LogP contribution < -0.4 is 10.6 Å². The van der Waals surface area contributed by atoms with Crippen molar-refractivity contribution in [2.75, 3.05) is 25.5 Å². The van der Waals surface area contributed by atoms with Gasteiger partial charge in [0, 0.05) is 20.2 Å². The lowest BCUT2D eigenvalue weighted by Gasteiger charge is -2.08. The molecule has 106 valence electrons. The van der Waals surface area contributed by atoms with Gasteiger partial charge >= 0.3 is 0 Å². The van der Waals surface area contributed by atoms with Crippen molar-refractivity contribution in [3.8, 4) is 0 Å². The zero-order chi connectivity index (χ0) is 14.1. The first-order chi connectivity index (χ1) is 9.13. The van der Waals surface area contributed by atoms with Crippen LogP contribution in [-0.4, -0.2) is 42.2 Å². The molecule has 0 saturated heterocycles. The van der Waals surface area contributed by atoms with E-state index in [2.05, 4.69) is 20.6 Å². The third-order valence-electron chi connectivity index (χ3n) is 2.43. The Hall–Kier alpha value is -1.69. The first-order valence-electron chi connectivity index (χ1n) is 6.53. The topological polar surface area (TPSA) is 76.1 Å². The van der Waals surface area contributed by atoms with E-state index in [0.29, 0.717) is 18.1 Å². The summed E-state index contributed by atoms with van der Waals surface area (Å²) >= 11 is 0. The van der Waals surface area contributed by atoms with Crippen molar-refractivity contribution in [2.45, 2.75) is 32.8 Å². The van der Waals surface area contributed by atoms with E-state index < -0.39 is 0 Å². The molecule has 1 aromatic heterocycles. The van der Waals surface area contributed by atoms with Gasteiger partial charge in [0.15, 0.2) is 0 Å².